The maximum absolute atomic E-state index is 4.31. The summed E-state index contributed by atoms with van der Waals surface area (Å²) in [6.45, 7) is 2.12. The van der Waals surface area contributed by atoms with Crippen LogP contribution in [0.15, 0.2) is 22.2 Å². The lowest BCUT2D eigenvalue weighted by atomic mass is 10.3. The van der Waals surface area contributed by atoms with E-state index in [9.17, 15) is 0 Å². The first-order valence-electron chi connectivity index (χ1n) is 4.37. The molecule has 0 fully saturated rings. The average molecular weight is 226 g/mol. The van der Waals surface area contributed by atoms with Gasteiger partial charge in [0.2, 0.25) is 0 Å². The Bertz CT molecular complexity index is 382. The van der Waals surface area contributed by atoms with Crippen LogP contribution in [0, 0.1) is 0 Å². The van der Waals surface area contributed by atoms with Crippen LogP contribution in [0.2, 0.25) is 0 Å². The minimum Gasteiger partial charge on any atom is -0.237 e. The lowest BCUT2D eigenvalue weighted by Gasteiger charge is -1.92. The minimum atomic E-state index is 0.900. The van der Waals surface area contributed by atoms with Crippen molar-refractivity contribution >= 4 is 23.3 Å². The second kappa shape index (κ2) is 4.56. The summed E-state index contributed by atoms with van der Waals surface area (Å²) < 4.78 is 2.74. The summed E-state index contributed by atoms with van der Waals surface area (Å²) >= 11 is 3.10. The standard InChI is InChI=1S/C8H10N4S2/c1-2-3-7-10-6-12(11-7)14-8-9-4-5-13-8/h4-6H,2-3H2,1H3. The quantitative estimate of drug-likeness (QED) is 0.802. The molecule has 0 aliphatic heterocycles. The summed E-state index contributed by atoms with van der Waals surface area (Å²) in [6, 6.07) is 0. The third kappa shape index (κ3) is 2.33. The predicted molar refractivity (Wildman–Crippen MR) is 57.4 cm³/mol. The van der Waals surface area contributed by atoms with Crippen LogP contribution < -0.4 is 0 Å². The highest BCUT2D eigenvalue weighted by molar-refractivity contribution is 7.99. The summed E-state index contributed by atoms with van der Waals surface area (Å²) in [4.78, 5) is 8.35. The Morgan fingerprint density at radius 1 is 1.50 bits per heavy atom. The average Bonchev–Trinajstić information content (AvgIpc) is 2.79. The van der Waals surface area contributed by atoms with Gasteiger partial charge in [0.05, 0.1) is 0 Å². The SMILES string of the molecule is CCCc1ncn(Sc2nccs2)n1. The third-order valence-corrected chi connectivity index (χ3v) is 3.28. The van der Waals surface area contributed by atoms with Crippen molar-refractivity contribution in [1.82, 2.24) is 19.2 Å². The Hall–Kier alpha value is -0.880. The van der Waals surface area contributed by atoms with E-state index in [0.717, 1.165) is 23.0 Å². The van der Waals surface area contributed by atoms with Gasteiger partial charge in [0.15, 0.2) is 10.2 Å². The molecule has 0 aromatic carbocycles. The smallest absolute Gasteiger partial charge is 0.172 e. The van der Waals surface area contributed by atoms with Gasteiger partial charge in [-0.05, 0) is 6.42 Å². The number of nitrogens with zero attached hydrogens (tertiary/aromatic N) is 4. The van der Waals surface area contributed by atoms with Crippen LogP contribution in [0.5, 0.6) is 0 Å². The van der Waals surface area contributed by atoms with Gasteiger partial charge in [-0.15, -0.1) is 16.4 Å². The lowest BCUT2D eigenvalue weighted by molar-refractivity contribution is 0.831. The fourth-order valence-corrected chi connectivity index (χ4v) is 2.42. The zero-order valence-electron chi connectivity index (χ0n) is 7.75. The Morgan fingerprint density at radius 2 is 2.43 bits per heavy atom. The first-order chi connectivity index (χ1) is 6.88. The summed E-state index contributed by atoms with van der Waals surface area (Å²) in [5.41, 5.74) is 0. The van der Waals surface area contributed by atoms with Crippen LogP contribution in [0.3, 0.4) is 0 Å². The van der Waals surface area contributed by atoms with E-state index in [-0.39, 0.29) is 0 Å². The number of hydrogen-bond acceptors (Lipinski definition) is 5. The molecule has 2 aromatic heterocycles. The molecule has 0 aliphatic rings. The van der Waals surface area contributed by atoms with E-state index < -0.39 is 0 Å². The molecule has 0 saturated carbocycles. The van der Waals surface area contributed by atoms with Gasteiger partial charge in [-0.25, -0.2) is 9.97 Å². The van der Waals surface area contributed by atoms with Gasteiger partial charge in [0, 0.05) is 29.9 Å². The fraction of sp³-hybridized carbons (Fsp3) is 0.375. The normalized spacial score (nSPS) is 10.6. The van der Waals surface area contributed by atoms with Crippen molar-refractivity contribution in [2.45, 2.75) is 24.1 Å². The van der Waals surface area contributed by atoms with E-state index in [1.807, 2.05) is 5.38 Å². The monoisotopic (exact) mass is 226 g/mol. The van der Waals surface area contributed by atoms with Crippen LogP contribution >= 0.6 is 23.3 Å². The summed E-state index contributed by atoms with van der Waals surface area (Å²) in [5, 5.41) is 6.26. The van der Waals surface area contributed by atoms with E-state index in [1.54, 1.807) is 27.9 Å². The molecule has 0 atom stereocenters. The molecule has 0 amide bonds. The van der Waals surface area contributed by atoms with Gasteiger partial charge in [-0.2, -0.15) is 4.09 Å². The molecule has 6 heteroatoms. The zero-order valence-corrected chi connectivity index (χ0v) is 9.38. The van der Waals surface area contributed by atoms with Crippen molar-refractivity contribution in [1.29, 1.82) is 0 Å². The van der Waals surface area contributed by atoms with Gasteiger partial charge in [0.1, 0.15) is 6.33 Å². The molecule has 4 nitrogen and oxygen atoms in total. The van der Waals surface area contributed by atoms with E-state index in [0.29, 0.717) is 0 Å². The molecule has 0 aliphatic carbocycles. The van der Waals surface area contributed by atoms with Crippen molar-refractivity contribution in [2.24, 2.45) is 0 Å². The van der Waals surface area contributed by atoms with Crippen molar-refractivity contribution in [3.63, 3.8) is 0 Å². The fourth-order valence-electron chi connectivity index (χ4n) is 0.999. The second-order valence-electron chi connectivity index (χ2n) is 2.70. The molecule has 0 N–H and O–H groups in total. The van der Waals surface area contributed by atoms with Gasteiger partial charge in [-0.3, -0.25) is 0 Å². The summed E-state index contributed by atoms with van der Waals surface area (Å²) in [7, 11) is 0. The van der Waals surface area contributed by atoms with Gasteiger partial charge in [0.25, 0.3) is 0 Å². The lowest BCUT2D eigenvalue weighted by Crippen LogP contribution is -1.90. The number of thiazole rings is 1. The molecular weight excluding hydrogens is 216 g/mol. The van der Waals surface area contributed by atoms with Crippen molar-refractivity contribution < 1.29 is 0 Å². The molecule has 0 spiro atoms. The summed E-state index contributed by atoms with van der Waals surface area (Å²) in [6.07, 6.45) is 5.53. The summed E-state index contributed by atoms with van der Waals surface area (Å²) in [5.74, 6) is 0.900. The van der Waals surface area contributed by atoms with Crippen molar-refractivity contribution in [3.05, 3.63) is 23.7 Å². The Labute approximate surface area is 90.5 Å². The largest absolute Gasteiger partial charge is 0.237 e. The molecular formula is C8H10N4S2. The van der Waals surface area contributed by atoms with E-state index >= 15 is 0 Å². The zero-order chi connectivity index (χ0) is 9.80. The van der Waals surface area contributed by atoms with Crippen molar-refractivity contribution in [3.8, 4) is 0 Å². The van der Waals surface area contributed by atoms with E-state index in [4.69, 9.17) is 0 Å². The van der Waals surface area contributed by atoms with Crippen LogP contribution in [-0.2, 0) is 6.42 Å². The highest BCUT2D eigenvalue weighted by Crippen LogP contribution is 2.20. The first kappa shape index (κ1) is 9.67. The number of aromatic nitrogens is 4. The number of rotatable bonds is 4. The van der Waals surface area contributed by atoms with Crippen LogP contribution in [0.4, 0.5) is 0 Å². The maximum atomic E-state index is 4.31. The number of hydrogen-bond donors (Lipinski definition) is 0. The van der Waals surface area contributed by atoms with Crippen molar-refractivity contribution in [2.75, 3.05) is 0 Å². The van der Waals surface area contributed by atoms with Gasteiger partial charge in [-0.1, -0.05) is 6.92 Å². The van der Waals surface area contributed by atoms with Crippen LogP contribution in [0.25, 0.3) is 0 Å². The maximum Gasteiger partial charge on any atom is 0.172 e. The molecule has 2 rings (SSSR count). The third-order valence-electron chi connectivity index (χ3n) is 1.57. The topological polar surface area (TPSA) is 43.6 Å². The number of aryl methyl sites for hydroxylation is 1. The van der Waals surface area contributed by atoms with Gasteiger partial charge < -0.3 is 0 Å². The molecule has 2 heterocycles. The predicted octanol–water partition coefficient (Wildman–Crippen LogP) is 2.24. The Balaban J connectivity index is 2.03. The Kier molecular flexibility index (Phi) is 3.15. The molecule has 0 radical (unpaired) electrons. The molecule has 0 bridgehead atoms. The Morgan fingerprint density at radius 3 is 3.14 bits per heavy atom. The first-order valence-corrected chi connectivity index (χ1v) is 6.02. The molecule has 14 heavy (non-hydrogen) atoms. The molecule has 74 valence electrons. The highest BCUT2D eigenvalue weighted by Gasteiger charge is 2.02. The van der Waals surface area contributed by atoms with Gasteiger partial charge >= 0.3 is 0 Å². The highest BCUT2D eigenvalue weighted by atomic mass is 32.2. The molecule has 0 unspecified atom stereocenters. The van der Waals surface area contributed by atoms with E-state index in [2.05, 4.69) is 22.0 Å². The molecule has 0 saturated heterocycles. The van der Waals surface area contributed by atoms with Crippen LogP contribution in [-0.4, -0.2) is 19.2 Å². The second-order valence-corrected chi connectivity index (χ2v) is 4.80. The molecule has 2 aromatic rings. The van der Waals surface area contributed by atoms with Crippen LogP contribution in [0.1, 0.15) is 19.2 Å². The minimum absolute atomic E-state index is 0.900. The van der Waals surface area contributed by atoms with E-state index in [1.165, 1.54) is 11.9 Å².